The summed E-state index contributed by atoms with van der Waals surface area (Å²) in [6.45, 7) is 15.4. The number of pyridine rings is 1. The van der Waals surface area contributed by atoms with E-state index in [4.69, 9.17) is 9.97 Å². The van der Waals surface area contributed by atoms with Crippen molar-refractivity contribution >= 4 is 11.0 Å². The normalized spacial score (nSPS) is 11.7. The number of hydrogen-bond acceptors (Lipinski definition) is 3. The van der Waals surface area contributed by atoms with E-state index in [-0.39, 0.29) is 37.6 Å². The molecule has 0 saturated heterocycles. The molecule has 0 bridgehead atoms. The molecular weight excluding hydrogens is 1080 g/mol. The number of phenolic OH excluding ortho intramolecular Hbond substituents is 1. The van der Waals surface area contributed by atoms with Gasteiger partial charge in [0, 0.05) is 44.1 Å². The molecule has 1 N–H and O–H groups in total. The van der Waals surface area contributed by atoms with Crippen molar-refractivity contribution in [1.29, 1.82) is 0 Å². The minimum atomic E-state index is -0.359. The Morgan fingerprint density at radius 3 is 1.58 bits per heavy atom. The Morgan fingerprint density at radius 2 is 0.986 bits per heavy atom. The van der Waals surface area contributed by atoms with Crippen LogP contribution in [0.1, 0.15) is 58.2 Å². The summed E-state index contributed by atoms with van der Waals surface area (Å²) in [6.07, 6.45) is 1.90. The second-order valence-corrected chi connectivity index (χ2v) is 21.2. The molecule has 74 heavy (non-hydrogen) atoms. The third-order valence-electron chi connectivity index (χ3n) is 14.1. The quantitative estimate of drug-likeness (QED) is 0.147. The van der Waals surface area contributed by atoms with Crippen LogP contribution in [0.5, 0.6) is 5.75 Å². The van der Waals surface area contributed by atoms with E-state index in [2.05, 4.69) is 265 Å². The third-order valence-corrected chi connectivity index (χ3v) is 14.1. The Morgan fingerprint density at radius 1 is 0.446 bits per heavy atom. The van der Waals surface area contributed by atoms with Gasteiger partial charge >= 0.3 is 0 Å². The van der Waals surface area contributed by atoms with Crippen LogP contribution in [-0.2, 0) is 31.9 Å². The number of fused-ring (bicyclic) bond motifs is 1. The molecule has 0 aliphatic heterocycles. The van der Waals surface area contributed by atoms with E-state index in [0.29, 0.717) is 11.4 Å². The number of hydrogen-bond donors (Lipinski definition) is 1. The summed E-state index contributed by atoms with van der Waals surface area (Å²) < 4.78 is 2.29. The predicted molar refractivity (Wildman–Crippen MR) is 305 cm³/mol. The zero-order valence-corrected chi connectivity index (χ0v) is 45.2. The first kappa shape index (κ1) is 49.7. The van der Waals surface area contributed by atoms with Crippen molar-refractivity contribution in [2.24, 2.45) is 0 Å². The van der Waals surface area contributed by atoms with E-state index >= 15 is 0 Å². The molecule has 0 atom stereocenters. The number of imidazole rings is 1. The first-order valence-electron chi connectivity index (χ1n) is 25.2. The zero-order chi connectivity index (χ0) is 50.4. The van der Waals surface area contributed by atoms with Crippen molar-refractivity contribution < 1.29 is 26.2 Å². The molecule has 0 saturated carbocycles. The molecule has 11 aromatic rings. The molecule has 0 fully saturated rings. The van der Waals surface area contributed by atoms with E-state index in [1.165, 1.54) is 11.1 Å². The molecule has 4 nitrogen and oxygen atoms in total. The summed E-state index contributed by atoms with van der Waals surface area (Å²) in [5.74, 6) is 0.888. The summed E-state index contributed by atoms with van der Waals surface area (Å²) in [7, 11) is 0. The Labute approximate surface area is 450 Å². The summed E-state index contributed by atoms with van der Waals surface area (Å²) in [6, 6.07) is 78.9. The molecular formula is C69H58N3OPt-. The maximum absolute atomic E-state index is 12.7. The number of aryl methyl sites for hydroxylation is 1. The second-order valence-electron chi connectivity index (χ2n) is 21.2. The van der Waals surface area contributed by atoms with Gasteiger partial charge in [0.15, 0.2) is 0 Å². The van der Waals surface area contributed by atoms with E-state index in [1.54, 1.807) is 0 Å². The Kier molecular flexibility index (Phi) is 13.5. The van der Waals surface area contributed by atoms with Crippen LogP contribution >= 0.6 is 0 Å². The number of aromatic nitrogens is 3. The van der Waals surface area contributed by atoms with Gasteiger partial charge in [-0.3, -0.25) is 9.55 Å². The Balaban J connectivity index is 0.00000626. The van der Waals surface area contributed by atoms with Crippen LogP contribution in [0.25, 0.3) is 106 Å². The van der Waals surface area contributed by atoms with E-state index in [9.17, 15) is 5.11 Å². The SMILES string of the molecule is Cc1cc(-c2ccccc2)c(-n2c(-c3cc(C(C)(C)C)cc(C(C)(C)C)c3O)nc3c(-c4[c-]c(-c5cc(-c6ccc(-c7ccccc7)cc6)ccn5)cc(-c5ccccc5)c4)cccc32)cc1-c1ccccc1.[Pt]. The smallest absolute Gasteiger partial charge is 0.148 e. The maximum Gasteiger partial charge on any atom is 0.148 e. The first-order valence-corrected chi connectivity index (χ1v) is 25.2. The summed E-state index contributed by atoms with van der Waals surface area (Å²) in [5, 5.41) is 12.7. The largest absolute Gasteiger partial charge is 0.507 e. The second kappa shape index (κ2) is 20.2. The standard InChI is InChI=1S/C69H58N3O.Pt/c1-45-37-59(51-27-18-11-19-28-51)64(44-58(45)50-25-16-10-17-26-50)72-63-30-20-29-57(65(63)71-67(72)60-42-56(68(2,3)4)43-61(66(60)73)69(5,6)7)54-38-53(47-23-14-9-15-24-47)39-55(40-54)62-41-52(35-36-70-62)49-33-31-48(32-34-49)46-21-12-8-13-22-46;/h8-39,41-44,73H,1-7H3;/q-1;. The van der Waals surface area contributed by atoms with Gasteiger partial charge in [0.05, 0.1) is 22.3 Å². The zero-order valence-electron chi connectivity index (χ0n) is 42.9. The molecule has 0 radical (unpaired) electrons. The summed E-state index contributed by atoms with van der Waals surface area (Å²) >= 11 is 0. The Bertz CT molecular complexity index is 3790. The van der Waals surface area contributed by atoms with Gasteiger partial charge in [-0.25, -0.2) is 4.98 Å². The molecule has 0 spiro atoms. The van der Waals surface area contributed by atoms with Crippen LogP contribution in [-0.4, -0.2) is 19.6 Å². The number of para-hydroxylation sites is 1. The van der Waals surface area contributed by atoms with Gasteiger partial charge in [0.25, 0.3) is 0 Å². The van der Waals surface area contributed by atoms with Crippen molar-refractivity contribution in [2.75, 3.05) is 0 Å². The van der Waals surface area contributed by atoms with Gasteiger partial charge in [0.1, 0.15) is 11.6 Å². The fourth-order valence-corrected chi connectivity index (χ4v) is 10.1. The number of aromatic hydroxyl groups is 1. The fourth-order valence-electron chi connectivity index (χ4n) is 10.1. The van der Waals surface area contributed by atoms with Gasteiger partial charge in [0.2, 0.25) is 0 Å². The van der Waals surface area contributed by atoms with Crippen LogP contribution in [0.2, 0.25) is 0 Å². The number of benzene rings is 9. The molecule has 0 aliphatic carbocycles. The Hall–Kier alpha value is -7.91. The van der Waals surface area contributed by atoms with E-state index in [0.717, 1.165) is 100 Å². The van der Waals surface area contributed by atoms with Crippen molar-refractivity contribution in [3.05, 3.63) is 241 Å². The number of rotatable bonds is 9. The van der Waals surface area contributed by atoms with Crippen molar-refractivity contribution in [3.8, 4) is 101 Å². The van der Waals surface area contributed by atoms with Crippen molar-refractivity contribution in [3.63, 3.8) is 0 Å². The molecule has 2 heterocycles. The number of phenols is 1. The molecule has 5 heteroatoms. The minimum Gasteiger partial charge on any atom is -0.507 e. The van der Waals surface area contributed by atoms with Crippen LogP contribution in [0.3, 0.4) is 0 Å². The summed E-state index contributed by atoms with van der Waals surface area (Å²) in [4.78, 5) is 10.8. The van der Waals surface area contributed by atoms with E-state index < -0.39 is 0 Å². The van der Waals surface area contributed by atoms with Gasteiger partial charge in [-0.1, -0.05) is 228 Å². The van der Waals surface area contributed by atoms with Crippen LogP contribution < -0.4 is 0 Å². The van der Waals surface area contributed by atoms with Gasteiger partial charge < -0.3 is 5.11 Å². The molecule has 2 aromatic heterocycles. The average Bonchev–Trinajstić information content (AvgIpc) is 3.80. The van der Waals surface area contributed by atoms with Crippen molar-refractivity contribution in [2.45, 2.75) is 59.3 Å². The molecule has 9 aromatic carbocycles. The molecule has 11 rings (SSSR count). The van der Waals surface area contributed by atoms with Crippen LogP contribution in [0.4, 0.5) is 0 Å². The molecule has 0 aliphatic rings. The van der Waals surface area contributed by atoms with Crippen LogP contribution in [0.15, 0.2) is 219 Å². The van der Waals surface area contributed by atoms with E-state index in [1.807, 2.05) is 12.3 Å². The van der Waals surface area contributed by atoms with Crippen molar-refractivity contribution in [1.82, 2.24) is 14.5 Å². The average molecular weight is 1140 g/mol. The topological polar surface area (TPSA) is 50.9 Å². The minimum absolute atomic E-state index is 0. The first-order chi connectivity index (χ1) is 35.3. The maximum atomic E-state index is 12.7. The third kappa shape index (κ3) is 9.71. The monoisotopic (exact) mass is 1140 g/mol. The molecule has 0 amide bonds. The predicted octanol–water partition coefficient (Wildman–Crippen LogP) is 18.2. The van der Waals surface area contributed by atoms with Gasteiger partial charge in [-0.05, 0) is 104 Å². The molecule has 0 unspecified atom stereocenters. The fraction of sp³-hybridized carbons (Fsp3) is 0.130. The van der Waals surface area contributed by atoms with Gasteiger partial charge in [-0.15, -0.1) is 23.8 Å². The molecule has 366 valence electrons. The van der Waals surface area contributed by atoms with Crippen LogP contribution in [0, 0.1) is 13.0 Å². The number of nitrogens with zero attached hydrogens (tertiary/aromatic N) is 3. The van der Waals surface area contributed by atoms with Gasteiger partial charge in [-0.2, -0.15) is 0 Å². The summed E-state index contributed by atoms with van der Waals surface area (Å²) in [5.41, 5.74) is 20.5.